The van der Waals surface area contributed by atoms with Crippen molar-refractivity contribution >= 4 is 10.9 Å². The molecule has 2 heterocycles. The van der Waals surface area contributed by atoms with Gasteiger partial charge in [0, 0.05) is 28.7 Å². The highest BCUT2D eigenvalue weighted by Gasteiger charge is 2.39. The molecule has 0 bridgehead atoms. The molecule has 1 saturated carbocycles. The van der Waals surface area contributed by atoms with Crippen molar-refractivity contribution in [3.63, 3.8) is 0 Å². The van der Waals surface area contributed by atoms with Gasteiger partial charge in [-0.2, -0.15) is 4.98 Å². The molecule has 0 amide bonds. The van der Waals surface area contributed by atoms with Gasteiger partial charge in [0.2, 0.25) is 5.89 Å². The number of H-pyrrole nitrogens is 1. The first-order valence-electron chi connectivity index (χ1n) is 11.9. The van der Waals surface area contributed by atoms with Crippen LogP contribution in [0.4, 0.5) is 0 Å². The molecule has 0 aliphatic heterocycles. The minimum Gasteiger partial charge on any atom is -0.361 e. The lowest BCUT2D eigenvalue weighted by Gasteiger charge is -2.46. The molecule has 6 heteroatoms. The molecule has 0 unspecified atom stereocenters. The molecule has 2 N–H and O–H groups in total. The van der Waals surface area contributed by atoms with Gasteiger partial charge in [-0.05, 0) is 70.3 Å². The zero-order chi connectivity index (χ0) is 22.8. The van der Waals surface area contributed by atoms with Crippen LogP contribution >= 0.6 is 0 Å². The monoisotopic (exact) mass is 443 g/mol. The molecule has 0 saturated heterocycles. The van der Waals surface area contributed by atoms with Crippen LogP contribution in [0.15, 0.2) is 65.3 Å². The van der Waals surface area contributed by atoms with Crippen LogP contribution in [0.2, 0.25) is 0 Å². The molecule has 6 nitrogen and oxygen atoms in total. The lowest BCUT2D eigenvalue weighted by molar-refractivity contribution is 0.0821. The van der Waals surface area contributed by atoms with Gasteiger partial charge in [0.05, 0.1) is 6.04 Å². The molecule has 1 aliphatic carbocycles. The van der Waals surface area contributed by atoms with Gasteiger partial charge in [-0.15, -0.1) is 0 Å². The fraction of sp³-hybridized carbons (Fsp3) is 0.407. The number of aryl methyl sites for hydroxylation is 1. The molecule has 2 aromatic carbocycles. The molecular weight excluding hydrogens is 410 g/mol. The van der Waals surface area contributed by atoms with E-state index in [0.29, 0.717) is 17.8 Å². The zero-order valence-corrected chi connectivity index (χ0v) is 19.7. The van der Waals surface area contributed by atoms with Gasteiger partial charge >= 0.3 is 0 Å². The Kier molecular flexibility index (Phi) is 6.04. The van der Waals surface area contributed by atoms with Crippen molar-refractivity contribution in [1.82, 2.24) is 25.3 Å². The second kappa shape index (κ2) is 9.12. The molecule has 0 spiro atoms. The van der Waals surface area contributed by atoms with E-state index >= 15 is 0 Å². The quantitative estimate of drug-likeness (QED) is 0.414. The first-order valence-corrected chi connectivity index (χ1v) is 11.9. The predicted octanol–water partition coefficient (Wildman–Crippen LogP) is 5.13. The van der Waals surface area contributed by atoms with Crippen LogP contribution < -0.4 is 5.32 Å². The fourth-order valence-electron chi connectivity index (χ4n) is 5.48. The smallest absolute Gasteiger partial charge is 0.244 e. The third-order valence-electron chi connectivity index (χ3n) is 7.36. The Labute approximate surface area is 195 Å². The van der Waals surface area contributed by atoms with E-state index in [1.165, 1.54) is 16.5 Å². The molecule has 2 aromatic heterocycles. The molecule has 1 aliphatic rings. The normalized spacial score (nSPS) is 22.1. The number of benzene rings is 2. The largest absolute Gasteiger partial charge is 0.361 e. The number of aromatic amines is 1. The highest BCUT2D eigenvalue weighted by molar-refractivity contribution is 5.83. The maximum atomic E-state index is 5.64. The standard InChI is InChI=1S/C27H33N5O/c1-19-29-26(33-31-19)25(17-20-18-28-24-12-8-7-11-23(20)24)30-22-13-15-27(16-14-22,32(2)3)21-9-5-4-6-10-21/h4-12,18,22,25,28,30H,13-17H2,1-3H3/t22?,25-,27?/m1/s1. The number of nitrogens with one attached hydrogen (secondary N) is 2. The van der Waals surface area contributed by atoms with Gasteiger partial charge in [0.1, 0.15) is 0 Å². The van der Waals surface area contributed by atoms with E-state index in [1.807, 2.05) is 6.92 Å². The highest BCUT2D eigenvalue weighted by atomic mass is 16.5. The minimum atomic E-state index is -0.0148. The van der Waals surface area contributed by atoms with Gasteiger partial charge < -0.3 is 14.8 Å². The molecule has 33 heavy (non-hydrogen) atoms. The lowest BCUT2D eigenvalue weighted by Crippen LogP contribution is -2.48. The van der Waals surface area contributed by atoms with E-state index in [0.717, 1.165) is 37.6 Å². The minimum absolute atomic E-state index is 0.0148. The highest BCUT2D eigenvalue weighted by Crippen LogP contribution is 2.41. The Morgan fingerprint density at radius 3 is 2.52 bits per heavy atom. The van der Waals surface area contributed by atoms with Crippen LogP contribution in [-0.2, 0) is 12.0 Å². The summed E-state index contributed by atoms with van der Waals surface area (Å²) in [5, 5.41) is 9.21. The summed E-state index contributed by atoms with van der Waals surface area (Å²) >= 11 is 0. The van der Waals surface area contributed by atoms with Crippen molar-refractivity contribution in [3.05, 3.63) is 83.6 Å². The molecule has 0 radical (unpaired) electrons. The first-order chi connectivity index (χ1) is 16.0. The van der Waals surface area contributed by atoms with Crippen molar-refractivity contribution in [3.8, 4) is 0 Å². The lowest BCUT2D eigenvalue weighted by atomic mass is 9.74. The summed E-state index contributed by atoms with van der Waals surface area (Å²) in [7, 11) is 4.42. The van der Waals surface area contributed by atoms with E-state index in [1.54, 1.807) is 0 Å². The van der Waals surface area contributed by atoms with E-state index in [2.05, 4.69) is 100 Å². The summed E-state index contributed by atoms with van der Waals surface area (Å²) < 4.78 is 5.64. The van der Waals surface area contributed by atoms with Crippen LogP contribution in [0, 0.1) is 6.92 Å². The van der Waals surface area contributed by atoms with Crippen molar-refractivity contribution in [1.29, 1.82) is 0 Å². The number of para-hydroxylation sites is 1. The zero-order valence-electron chi connectivity index (χ0n) is 19.7. The van der Waals surface area contributed by atoms with E-state index in [-0.39, 0.29) is 11.6 Å². The van der Waals surface area contributed by atoms with Gasteiger partial charge in [-0.25, -0.2) is 0 Å². The van der Waals surface area contributed by atoms with Crippen molar-refractivity contribution < 1.29 is 4.52 Å². The summed E-state index contributed by atoms with van der Waals surface area (Å²) in [6.45, 7) is 1.88. The summed E-state index contributed by atoms with van der Waals surface area (Å²) in [6.07, 6.45) is 7.35. The molecule has 4 aromatic rings. The van der Waals surface area contributed by atoms with Gasteiger partial charge in [-0.3, -0.25) is 4.90 Å². The van der Waals surface area contributed by atoms with Crippen molar-refractivity contribution in [2.45, 2.75) is 56.7 Å². The third kappa shape index (κ3) is 4.33. The van der Waals surface area contributed by atoms with E-state index < -0.39 is 0 Å². The number of aromatic nitrogens is 3. The summed E-state index contributed by atoms with van der Waals surface area (Å²) in [4.78, 5) is 10.4. The number of hydrogen-bond acceptors (Lipinski definition) is 5. The molecular formula is C27H33N5O. The maximum absolute atomic E-state index is 5.64. The first kappa shape index (κ1) is 21.9. The summed E-state index contributed by atoms with van der Waals surface area (Å²) in [6, 6.07) is 19.8. The van der Waals surface area contributed by atoms with Crippen LogP contribution in [0.5, 0.6) is 0 Å². The Morgan fingerprint density at radius 1 is 1.09 bits per heavy atom. The van der Waals surface area contributed by atoms with Crippen molar-refractivity contribution in [2.24, 2.45) is 0 Å². The summed E-state index contributed by atoms with van der Waals surface area (Å²) in [5.41, 5.74) is 3.93. The topological polar surface area (TPSA) is 70.0 Å². The number of hydrogen-bond donors (Lipinski definition) is 2. The van der Waals surface area contributed by atoms with E-state index in [9.17, 15) is 0 Å². The number of rotatable bonds is 7. The SMILES string of the molecule is Cc1noc([C@@H](Cc2c[nH]c3ccccc23)NC2CCC(c3ccccc3)(N(C)C)CC2)n1. The third-order valence-corrected chi connectivity index (χ3v) is 7.36. The Hall–Kier alpha value is -2.96. The molecule has 1 fully saturated rings. The molecule has 172 valence electrons. The van der Waals surface area contributed by atoms with Crippen LogP contribution in [0.25, 0.3) is 10.9 Å². The Bertz CT molecular complexity index is 1190. The second-order valence-corrected chi connectivity index (χ2v) is 9.53. The van der Waals surface area contributed by atoms with Gasteiger partial charge in [-0.1, -0.05) is 53.7 Å². The van der Waals surface area contributed by atoms with Gasteiger partial charge in [0.15, 0.2) is 5.82 Å². The van der Waals surface area contributed by atoms with Crippen LogP contribution in [-0.4, -0.2) is 40.2 Å². The number of nitrogens with zero attached hydrogens (tertiary/aromatic N) is 3. The molecule has 5 rings (SSSR count). The van der Waals surface area contributed by atoms with Crippen LogP contribution in [0.1, 0.15) is 54.6 Å². The average molecular weight is 444 g/mol. The average Bonchev–Trinajstić information content (AvgIpc) is 3.46. The van der Waals surface area contributed by atoms with Gasteiger partial charge in [0.25, 0.3) is 0 Å². The number of fused-ring (bicyclic) bond motifs is 1. The Balaban J connectivity index is 1.35. The van der Waals surface area contributed by atoms with Crippen LogP contribution in [0.3, 0.4) is 0 Å². The summed E-state index contributed by atoms with van der Waals surface area (Å²) in [5.74, 6) is 1.35. The van der Waals surface area contributed by atoms with Crippen molar-refractivity contribution in [2.75, 3.05) is 14.1 Å². The fourth-order valence-corrected chi connectivity index (χ4v) is 5.48. The second-order valence-electron chi connectivity index (χ2n) is 9.53. The Morgan fingerprint density at radius 2 is 1.82 bits per heavy atom. The predicted molar refractivity (Wildman–Crippen MR) is 131 cm³/mol. The molecule has 1 atom stereocenters. The maximum Gasteiger partial charge on any atom is 0.244 e. The van der Waals surface area contributed by atoms with E-state index in [4.69, 9.17) is 4.52 Å².